The molecule has 0 spiro atoms. The van der Waals surface area contributed by atoms with Gasteiger partial charge in [-0.1, -0.05) is 44.1 Å². The Morgan fingerprint density at radius 1 is 1.31 bits per heavy atom. The number of phenolic OH excluding ortho intramolecular Hbond substituents is 1. The third-order valence-corrected chi connectivity index (χ3v) is 5.41. The van der Waals surface area contributed by atoms with Crippen LogP contribution in [0.15, 0.2) is 36.4 Å². The highest BCUT2D eigenvalue weighted by Gasteiger charge is 2.27. The molecule has 0 saturated carbocycles. The van der Waals surface area contributed by atoms with Gasteiger partial charge in [0.25, 0.3) is 0 Å². The van der Waals surface area contributed by atoms with Crippen LogP contribution in [0.2, 0.25) is 0 Å². The second-order valence-electron chi connectivity index (χ2n) is 7.46. The number of amides is 2. The number of aromatic hydroxyl groups is 1. The molecule has 142 valence electrons. The minimum absolute atomic E-state index is 0.0857. The van der Waals surface area contributed by atoms with E-state index in [1.54, 1.807) is 6.07 Å². The third kappa shape index (κ3) is 5.01. The fraction of sp³-hybridized carbons (Fsp3) is 0.571. The fourth-order valence-corrected chi connectivity index (χ4v) is 3.88. The van der Waals surface area contributed by atoms with Crippen LogP contribution in [0.25, 0.3) is 0 Å². The smallest absolute Gasteiger partial charge is 0.318 e. The SMILES string of the molecule is CCCC[C@H]1C=CCN1C(=O)NC1CCN(Cc2cccc(O)c2)CC1. The molecule has 5 heteroatoms. The summed E-state index contributed by atoms with van der Waals surface area (Å²) >= 11 is 0. The minimum Gasteiger partial charge on any atom is -0.508 e. The van der Waals surface area contributed by atoms with Crippen molar-refractivity contribution in [3.05, 3.63) is 42.0 Å². The van der Waals surface area contributed by atoms with Gasteiger partial charge in [-0.25, -0.2) is 4.79 Å². The minimum atomic E-state index is 0.0857. The quantitative estimate of drug-likeness (QED) is 0.766. The van der Waals surface area contributed by atoms with E-state index in [0.717, 1.165) is 63.8 Å². The zero-order valence-electron chi connectivity index (χ0n) is 15.7. The number of benzene rings is 1. The van der Waals surface area contributed by atoms with Crippen molar-refractivity contribution in [3.8, 4) is 5.75 Å². The number of hydrogen-bond donors (Lipinski definition) is 2. The number of nitrogens with one attached hydrogen (secondary N) is 1. The van der Waals surface area contributed by atoms with Gasteiger partial charge >= 0.3 is 6.03 Å². The van der Waals surface area contributed by atoms with Crippen LogP contribution >= 0.6 is 0 Å². The summed E-state index contributed by atoms with van der Waals surface area (Å²) < 4.78 is 0. The zero-order chi connectivity index (χ0) is 18.4. The Hall–Kier alpha value is -2.01. The molecule has 0 aromatic heterocycles. The molecule has 1 aromatic carbocycles. The van der Waals surface area contributed by atoms with Crippen molar-refractivity contribution in [1.29, 1.82) is 0 Å². The van der Waals surface area contributed by atoms with Crippen molar-refractivity contribution >= 4 is 6.03 Å². The molecule has 2 heterocycles. The molecule has 1 saturated heterocycles. The normalized spacial score (nSPS) is 21.3. The van der Waals surface area contributed by atoms with E-state index in [1.807, 2.05) is 23.1 Å². The van der Waals surface area contributed by atoms with E-state index in [9.17, 15) is 9.90 Å². The van der Waals surface area contributed by atoms with E-state index in [0.29, 0.717) is 5.75 Å². The summed E-state index contributed by atoms with van der Waals surface area (Å²) in [7, 11) is 0. The van der Waals surface area contributed by atoms with E-state index in [2.05, 4.69) is 29.3 Å². The van der Waals surface area contributed by atoms with Crippen molar-refractivity contribution in [3.63, 3.8) is 0 Å². The van der Waals surface area contributed by atoms with E-state index in [1.165, 1.54) is 0 Å². The Labute approximate surface area is 156 Å². The van der Waals surface area contributed by atoms with Crippen molar-refractivity contribution in [2.24, 2.45) is 0 Å². The van der Waals surface area contributed by atoms with Gasteiger partial charge in [0.15, 0.2) is 0 Å². The molecule has 2 N–H and O–H groups in total. The maximum atomic E-state index is 12.6. The molecule has 0 unspecified atom stereocenters. The van der Waals surface area contributed by atoms with Gasteiger partial charge < -0.3 is 15.3 Å². The van der Waals surface area contributed by atoms with Crippen molar-refractivity contribution in [2.75, 3.05) is 19.6 Å². The lowest BCUT2D eigenvalue weighted by molar-refractivity contribution is 0.166. The van der Waals surface area contributed by atoms with E-state index >= 15 is 0 Å². The van der Waals surface area contributed by atoms with Gasteiger partial charge in [-0.15, -0.1) is 0 Å². The van der Waals surface area contributed by atoms with Gasteiger partial charge in [0.2, 0.25) is 0 Å². The van der Waals surface area contributed by atoms with Gasteiger partial charge in [0, 0.05) is 32.2 Å². The van der Waals surface area contributed by atoms with Crippen LogP contribution in [0.3, 0.4) is 0 Å². The predicted molar refractivity (Wildman–Crippen MR) is 104 cm³/mol. The van der Waals surface area contributed by atoms with Crippen LogP contribution < -0.4 is 5.32 Å². The van der Waals surface area contributed by atoms with Crippen molar-refractivity contribution < 1.29 is 9.90 Å². The summed E-state index contributed by atoms with van der Waals surface area (Å²) in [5, 5.41) is 12.8. The van der Waals surface area contributed by atoms with E-state index < -0.39 is 0 Å². The third-order valence-electron chi connectivity index (χ3n) is 5.41. The lowest BCUT2D eigenvalue weighted by atomic mass is 10.0. The highest BCUT2D eigenvalue weighted by Crippen LogP contribution is 2.19. The number of carbonyl (C=O) groups is 1. The number of rotatable bonds is 6. The largest absolute Gasteiger partial charge is 0.508 e. The second kappa shape index (κ2) is 9.08. The number of piperidine rings is 1. The van der Waals surface area contributed by atoms with Gasteiger partial charge in [0.05, 0.1) is 6.04 Å². The Balaban J connectivity index is 1.43. The first-order valence-corrected chi connectivity index (χ1v) is 9.89. The summed E-state index contributed by atoms with van der Waals surface area (Å²) in [5.41, 5.74) is 1.13. The molecular weight excluding hydrogens is 326 g/mol. The van der Waals surface area contributed by atoms with Crippen LogP contribution in [-0.4, -0.2) is 52.7 Å². The number of carbonyl (C=O) groups excluding carboxylic acids is 1. The van der Waals surface area contributed by atoms with Gasteiger partial charge in [-0.3, -0.25) is 4.90 Å². The molecule has 3 rings (SSSR count). The maximum absolute atomic E-state index is 12.6. The van der Waals surface area contributed by atoms with Gasteiger partial charge in [-0.05, 0) is 37.0 Å². The first-order chi connectivity index (χ1) is 12.7. The highest BCUT2D eigenvalue weighted by atomic mass is 16.3. The topological polar surface area (TPSA) is 55.8 Å². The average molecular weight is 357 g/mol. The van der Waals surface area contributed by atoms with Crippen LogP contribution in [0.4, 0.5) is 4.79 Å². The van der Waals surface area contributed by atoms with Crippen LogP contribution in [0, 0.1) is 0 Å². The Morgan fingerprint density at radius 2 is 2.12 bits per heavy atom. The monoisotopic (exact) mass is 357 g/mol. The average Bonchev–Trinajstić information content (AvgIpc) is 3.10. The molecule has 1 atom stereocenters. The molecule has 1 fully saturated rings. The fourth-order valence-electron chi connectivity index (χ4n) is 3.88. The lowest BCUT2D eigenvalue weighted by Crippen LogP contribution is -2.50. The first kappa shape index (κ1) is 18.8. The second-order valence-corrected chi connectivity index (χ2v) is 7.46. The van der Waals surface area contributed by atoms with Gasteiger partial charge in [-0.2, -0.15) is 0 Å². The van der Waals surface area contributed by atoms with E-state index in [4.69, 9.17) is 0 Å². The summed E-state index contributed by atoms with van der Waals surface area (Å²) in [6, 6.07) is 8.07. The molecular formula is C21H31N3O2. The Kier molecular flexibility index (Phi) is 6.56. The highest BCUT2D eigenvalue weighted by molar-refractivity contribution is 5.76. The molecule has 0 aliphatic carbocycles. The van der Waals surface area contributed by atoms with Gasteiger partial charge in [0.1, 0.15) is 5.75 Å². The summed E-state index contributed by atoms with van der Waals surface area (Å²) in [4.78, 5) is 17.0. The number of likely N-dealkylation sites (tertiary alicyclic amines) is 1. The van der Waals surface area contributed by atoms with Crippen molar-refractivity contribution in [2.45, 2.75) is 57.7 Å². The number of hydrogen-bond acceptors (Lipinski definition) is 3. The van der Waals surface area contributed by atoms with E-state index in [-0.39, 0.29) is 18.1 Å². The first-order valence-electron chi connectivity index (χ1n) is 9.89. The number of urea groups is 1. The lowest BCUT2D eigenvalue weighted by Gasteiger charge is -2.34. The zero-order valence-corrected chi connectivity index (χ0v) is 15.7. The molecule has 0 bridgehead atoms. The van der Waals surface area contributed by atoms with Crippen molar-refractivity contribution in [1.82, 2.24) is 15.1 Å². The number of nitrogens with zero attached hydrogens (tertiary/aromatic N) is 2. The predicted octanol–water partition coefficient (Wildman–Crippen LogP) is 3.50. The molecule has 26 heavy (non-hydrogen) atoms. The summed E-state index contributed by atoms with van der Waals surface area (Å²) in [6.45, 7) is 5.71. The number of unbranched alkanes of at least 4 members (excludes halogenated alkanes) is 1. The standard InChI is InChI=1S/C21H31N3O2/c1-2-3-7-19-8-5-12-24(19)21(26)22-18-10-13-23(14-11-18)16-17-6-4-9-20(25)15-17/h4-6,8-9,15,18-19,25H,2-3,7,10-14,16H2,1H3,(H,22,26)/t19-/m0/s1. The Morgan fingerprint density at radius 3 is 2.85 bits per heavy atom. The summed E-state index contributed by atoms with van der Waals surface area (Å²) in [6.07, 6.45) is 9.62. The molecule has 1 aromatic rings. The van der Waals surface area contributed by atoms with Crippen LogP contribution in [-0.2, 0) is 6.54 Å². The molecule has 2 aliphatic rings. The molecule has 0 radical (unpaired) electrons. The van der Waals surface area contributed by atoms with Crippen LogP contribution in [0.5, 0.6) is 5.75 Å². The molecule has 2 aliphatic heterocycles. The maximum Gasteiger partial charge on any atom is 0.318 e. The van der Waals surface area contributed by atoms with Crippen LogP contribution in [0.1, 0.15) is 44.6 Å². The molecule has 2 amide bonds. The summed E-state index contributed by atoms with van der Waals surface area (Å²) in [5.74, 6) is 0.321. The number of phenols is 1. The molecule has 5 nitrogen and oxygen atoms in total. The Bertz CT molecular complexity index is 623.